The first-order valence-electron chi connectivity index (χ1n) is 8.68. The van der Waals surface area contributed by atoms with Crippen LogP contribution in [0.2, 0.25) is 0 Å². The minimum atomic E-state index is 0. The number of hydrogen-bond acceptors (Lipinski definition) is 4. The molecule has 1 heterocycles. The Bertz CT molecular complexity index is 658. The molecule has 0 saturated carbocycles. The molecule has 0 saturated heterocycles. The molecule has 0 amide bonds. The molecule has 1 aromatic carbocycles. The molecule has 2 rings (SSSR count). The molecule has 26 heavy (non-hydrogen) atoms. The lowest BCUT2D eigenvalue weighted by Gasteiger charge is -2.10. The highest BCUT2D eigenvalue weighted by Crippen LogP contribution is 2.19. The van der Waals surface area contributed by atoms with E-state index in [1.807, 2.05) is 23.9 Å². The van der Waals surface area contributed by atoms with Crippen molar-refractivity contribution in [3.05, 3.63) is 41.8 Å². The van der Waals surface area contributed by atoms with Gasteiger partial charge in [-0.15, -0.1) is 24.0 Å². The number of hydrogen-bond donors (Lipinski definition) is 2. The molecular weight excluding hydrogens is 459 g/mol. The van der Waals surface area contributed by atoms with Crippen molar-refractivity contribution in [2.45, 2.75) is 26.2 Å². The van der Waals surface area contributed by atoms with Crippen LogP contribution in [0.4, 0.5) is 0 Å². The van der Waals surface area contributed by atoms with E-state index < -0.39 is 0 Å². The highest BCUT2D eigenvalue weighted by molar-refractivity contribution is 14.0. The first-order valence-corrected chi connectivity index (χ1v) is 10.1. The van der Waals surface area contributed by atoms with Gasteiger partial charge in [-0.05, 0) is 43.9 Å². The van der Waals surface area contributed by atoms with Crippen molar-refractivity contribution in [2.24, 2.45) is 4.99 Å². The first kappa shape index (κ1) is 22.8. The zero-order valence-electron chi connectivity index (χ0n) is 15.7. The molecular formula is C19H29IN4OS. The number of thioether (sulfide) groups is 1. The number of oxazole rings is 1. The predicted molar refractivity (Wildman–Crippen MR) is 123 cm³/mol. The van der Waals surface area contributed by atoms with E-state index >= 15 is 0 Å². The molecule has 7 heteroatoms. The number of halogens is 1. The summed E-state index contributed by atoms with van der Waals surface area (Å²) in [6.45, 7) is 3.78. The Morgan fingerprint density at radius 1 is 1.15 bits per heavy atom. The van der Waals surface area contributed by atoms with Crippen molar-refractivity contribution in [3.63, 3.8) is 0 Å². The number of aliphatic imine (C=N–C) groups is 1. The van der Waals surface area contributed by atoms with Gasteiger partial charge in [-0.3, -0.25) is 4.99 Å². The zero-order valence-corrected chi connectivity index (χ0v) is 18.9. The van der Waals surface area contributed by atoms with Crippen molar-refractivity contribution < 1.29 is 4.42 Å². The lowest BCUT2D eigenvalue weighted by molar-refractivity contribution is 0.572. The van der Waals surface area contributed by atoms with Crippen LogP contribution in [0.1, 0.15) is 24.1 Å². The lowest BCUT2D eigenvalue weighted by Crippen LogP contribution is -2.38. The van der Waals surface area contributed by atoms with Gasteiger partial charge < -0.3 is 15.1 Å². The number of aryl methyl sites for hydroxylation is 1. The molecule has 0 aliphatic rings. The third kappa shape index (κ3) is 7.99. The van der Waals surface area contributed by atoms with Gasteiger partial charge in [0.15, 0.2) is 5.96 Å². The Balaban J connectivity index is 0.00000338. The smallest absolute Gasteiger partial charge is 0.226 e. The van der Waals surface area contributed by atoms with Crippen LogP contribution >= 0.6 is 35.7 Å². The van der Waals surface area contributed by atoms with Crippen LogP contribution in [0.3, 0.4) is 0 Å². The van der Waals surface area contributed by atoms with E-state index in [-0.39, 0.29) is 24.0 Å². The summed E-state index contributed by atoms with van der Waals surface area (Å²) < 4.78 is 5.59. The number of guanidine groups is 1. The van der Waals surface area contributed by atoms with Gasteiger partial charge in [0.05, 0.1) is 5.69 Å². The summed E-state index contributed by atoms with van der Waals surface area (Å²) in [5.41, 5.74) is 3.18. The van der Waals surface area contributed by atoms with Crippen LogP contribution in [0.15, 0.2) is 39.9 Å². The molecule has 2 N–H and O–H groups in total. The number of nitrogens with zero attached hydrogens (tertiary/aromatic N) is 2. The largest absolute Gasteiger partial charge is 0.444 e. The van der Waals surface area contributed by atoms with Crippen LogP contribution in [-0.2, 0) is 6.42 Å². The van der Waals surface area contributed by atoms with Gasteiger partial charge in [0.2, 0.25) is 5.89 Å². The molecule has 0 atom stereocenters. The van der Waals surface area contributed by atoms with Crippen molar-refractivity contribution in [1.29, 1.82) is 0 Å². The quantitative estimate of drug-likeness (QED) is 0.241. The zero-order chi connectivity index (χ0) is 17.9. The molecule has 144 valence electrons. The maximum atomic E-state index is 5.59. The second kappa shape index (κ2) is 13.0. The topological polar surface area (TPSA) is 62.5 Å². The van der Waals surface area contributed by atoms with E-state index in [1.165, 1.54) is 17.7 Å². The normalized spacial score (nSPS) is 11.1. The molecule has 0 unspecified atom stereocenters. The van der Waals surface area contributed by atoms with Gasteiger partial charge in [0.1, 0.15) is 6.26 Å². The number of benzene rings is 1. The van der Waals surface area contributed by atoms with Gasteiger partial charge in [0, 0.05) is 32.1 Å². The summed E-state index contributed by atoms with van der Waals surface area (Å²) in [4.78, 5) is 8.80. The maximum Gasteiger partial charge on any atom is 0.226 e. The molecule has 1 aromatic heterocycles. The number of rotatable bonds is 9. The second-order valence-corrected chi connectivity index (χ2v) is 6.87. The van der Waals surface area contributed by atoms with Crippen molar-refractivity contribution in [2.75, 3.05) is 32.1 Å². The summed E-state index contributed by atoms with van der Waals surface area (Å²) >= 11 is 1.89. The molecule has 0 spiro atoms. The van der Waals surface area contributed by atoms with Crippen LogP contribution < -0.4 is 10.6 Å². The van der Waals surface area contributed by atoms with Gasteiger partial charge in [-0.1, -0.05) is 17.7 Å². The second-order valence-electron chi connectivity index (χ2n) is 5.89. The lowest BCUT2D eigenvalue weighted by atomic mass is 10.1. The monoisotopic (exact) mass is 488 g/mol. The van der Waals surface area contributed by atoms with E-state index in [2.05, 4.69) is 45.9 Å². The molecule has 5 nitrogen and oxygen atoms in total. The van der Waals surface area contributed by atoms with Gasteiger partial charge in [-0.2, -0.15) is 11.8 Å². The number of nitrogens with one attached hydrogen (secondary N) is 2. The van der Waals surface area contributed by atoms with E-state index in [4.69, 9.17) is 4.42 Å². The summed E-state index contributed by atoms with van der Waals surface area (Å²) in [6, 6.07) is 8.20. The molecule has 0 bridgehead atoms. The first-order chi connectivity index (χ1) is 12.2. The fourth-order valence-electron chi connectivity index (χ4n) is 2.36. The summed E-state index contributed by atoms with van der Waals surface area (Å²) in [5, 5.41) is 6.65. The van der Waals surface area contributed by atoms with E-state index in [1.54, 1.807) is 13.3 Å². The summed E-state index contributed by atoms with van der Waals surface area (Å²) in [5.74, 6) is 2.72. The van der Waals surface area contributed by atoms with E-state index in [0.29, 0.717) is 5.89 Å². The van der Waals surface area contributed by atoms with Crippen molar-refractivity contribution in [3.8, 4) is 11.5 Å². The maximum absolute atomic E-state index is 5.59. The van der Waals surface area contributed by atoms with Crippen LogP contribution in [0.25, 0.3) is 11.5 Å². The average Bonchev–Trinajstić information content (AvgIpc) is 3.09. The molecule has 2 aromatic rings. The SMILES string of the molecule is CN=C(NCCCCSC)NCCc1coc(-c2ccc(C)cc2)n1.I. The average molecular weight is 488 g/mol. The van der Waals surface area contributed by atoms with Crippen molar-refractivity contribution in [1.82, 2.24) is 15.6 Å². The third-order valence-electron chi connectivity index (χ3n) is 3.82. The van der Waals surface area contributed by atoms with Gasteiger partial charge in [-0.25, -0.2) is 4.98 Å². The van der Waals surface area contributed by atoms with Gasteiger partial charge >= 0.3 is 0 Å². The molecule has 0 radical (unpaired) electrons. The Morgan fingerprint density at radius 3 is 2.58 bits per heavy atom. The fraction of sp³-hybridized carbons (Fsp3) is 0.474. The number of unbranched alkanes of at least 4 members (excludes halogenated alkanes) is 1. The summed E-state index contributed by atoms with van der Waals surface area (Å²) in [6.07, 6.45) is 7.05. The Labute approximate surface area is 177 Å². The standard InChI is InChI=1S/C19H28N4OS.HI/c1-15-6-8-16(9-7-15)18-23-17(14-24-18)10-12-22-19(20-2)21-11-4-5-13-25-3;/h6-9,14H,4-5,10-13H2,1-3H3,(H2,20,21,22);1H. The molecule has 0 aliphatic carbocycles. The third-order valence-corrected chi connectivity index (χ3v) is 4.51. The highest BCUT2D eigenvalue weighted by Gasteiger charge is 2.06. The van der Waals surface area contributed by atoms with Crippen LogP contribution in [0, 0.1) is 6.92 Å². The number of aromatic nitrogens is 1. The molecule has 0 fully saturated rings. The summed E-state index contributed by atoms with van der Waals surface area (Å²) in [7, 11) is 1.79. The fourth-order valence-corrected chi connectivity index (χ4v) is 2.85. The predicted octanol–water partition coefficient (Wildman–Crippen LogP) is 4.12. The Morgan fingerprint density at radius 2 is 1.88 bits per heavy atom. The van der Waals surface area contributed by atoms with Crippen LogP contribution in [-0.4, -0.2) is 43.1 Å². The van der Waals surface area contributed by atoms with Gasteiger partial charge in [0.25, 0.3) is 0 Å². The molecule has 0 aliphatic heterocycles. The Kier molecular flexibility index (Phi) is 11.4. The van der Waals surface area contributed by atoms with E-state index in [9.17, 15) is 0 Å². The highest BCUT2D eigenvalue weighted by atomic mass is 127. The minimum absolute atomic E-state index is 0. The Hall–Kier alpha value is -1.22. The van der Waals surface area contributed by atoms with E-state index in [0.717, 1.165) is 43.1 Å². The van der Waals surface area contributed by atoms with Crippen LogP contribution in [0.5, 0.6) is 0 Å². The minimum Gasteiger partial charge on any atom is -0.444 e. The van der Waals surface area contributed by atoms with Crippen molar-refractivity contribution >= 4 is 41.7 Å².